The third-order valence-electron chi connectivity index (χ3n) is 4.01. The Hall–Kier alpha value is -2.22. The first-order valence-electron chi connectivity index (χ1n) is 8.73. The van der Waals surface area contributed by atoms with E-state index in [-0.39, 0.29) is 11.0 Å². The van der Waals surface area contributed by atoms with Crippen molar-refractivity contribution >= 4 is 86.7 Å². The molecule has 10 heteroatoms. The van der Waals surface area contributed by atoms with Gasteiger partial charge in [-0.15, -0.1) is 0 Å². The summed E-state index contributed by atoms with van der Waals surface area (Å²) in [6, 6.07) is 14.7. The summed E-state index contributed by atoms with van der Waals surface area (Å²) >= 11 is 29.3. The monoisotopic (exact) mass is 513 g/mol. The van der Waals surface area contributed by atoms with Crippen molar-refractivity contribution < 1.29 is 9.53 Å². The molecule has 31 heavy (non-hydrogen) atoms. The summed E-state index contributed by atoms with van der Waals surface area (Å²) in [5.74, 6) is 0.185. The normalized spacial score (nSPS) is 10.4. The molecule has 1 amide bonds. The minimum absolute atomic E-state index is 0.282. The molecule has 0 saturated carbocycles. The molecule has 0 atom stereocenters. The van der Waals surface area contributed by atoms with Crippen LogP contribution in [0.1, 0.15) is 10.4 Å². The van der Waals surface area contributed by atoms with Crippen LogP contribution in [0.2, 0.25) is 20.1 Å². The third kappa shape index (κ3) is 6.38. The van der Waals surface area contributed by atoms with Gasteiger partial charge < -0.3 is 20.7 Å². The second-order valence-corrected chi connectivity index (χ2v) is 8.33. The molecule has 3 aromatic carbocycles. The Balaban J connectivity index is 1.75. The van der Waals surface area contributed by atoms with E-state index < -0.39 is 0 Å². The maximum Gasteiger partial charge on any atom is 0.255 e. The molecular formula is C21H15Cl4N3O2S. The highest BCUT2D eigenvalue weighted by Gasteiger charge is 2.12. The Morgan fingerprint density at radius 1 is 0.806 bits per heavy atom. The Kier molecular flexibility index (Phi) is 7.86. The summed E-state index contributed by atoms with van der Waals surface area (Å²) in [6.07, 6.45) is 0. The topological polar surface area (TPSA) is 62.4 Å². The maximum absolute atomic E-state index is 12.5. The van der Waals surface area contributed by atoms with Crippen molar-refractivity contribution in [3.05, 3.63) is 80.3 Å². The molecule has 0 aliphatic carbocycles. The lowest BCUT2D eigenvalue weighted by atomic mass is 10.2. The average Bonchev–Trinajstić information content (AvgIpc) is 2.69. The number of carbonyl (C=O) groups excluding carboxylic acids is 1. The molecule has 3 N–H and O–H groups in total. The molecule has 0 fully saturated rings. The van der Waals surface area contributed by atoms with Gasteiger partial charge in [0, 0.05) is 27.0 Å². The number of hydrogen-bond donors (Lipinski definition) is 3. The quantitative estimate of drug-likeness (QED) is 0.310. The zero-order valence-electron chi connectivity index (χ0n) is 15.9. The SMILES string of the molecule is COc1ccc(NC(=O)c2ccc(Cl)c(Cl)c2)cc1NC(=S)Nc1cc(Cl)cc(Cl)c1. The number of anilines is 3. The number of halogens is 4. The number of rotatable bonds is 5. The van der Waals surface area contributed by atoms with Gasteiger partial charge in [-0.25, -0.2) is 0 Å². The number of ether oxygens (including phenoxy) is 1. The molecule has 0 bridgehead atoms. The lowest BCUT2D eigenvalue weighted by molar-refractivity contribution is 0.102. The van der Waals surface area contributed by atoms with Crippen LogP contribution >= 0.6 is 58.6 Å². The van der Waals surface area contributed by atoms with Gasteiger partial charge in [-0.3, -0.25) is 4.79 Å². The second-order valence-electron chi connectivity index (χ2n) is 6.24. The Morgan fingerprint density at radius 2 is 1.52 bits per heavy atom. The summed E-state index contributed by atoms with van der Waals surface area (Å²) < 4.78 is 5.37. The molecule has 5 nitrogen and oxygen atoms in total. The van der Waals surface area contributed by atoms with Gasteiger partial charge in [-0.05, 0) is 66.8 Å². The van der Waals surface area contributed by atoms with Crippen LogP contribution in [0.4, 0.5) is 17.1 Å². The van der Waals surface area contributed by atoms with E-state index in [4.69, 9.17) is 63.4 Å². The van der Waals surface area contributed by atoms with Crippen molar-refractivity contribution in [3.63, 3.8) is 0 Å². The predicted molar refractivity (Wildman–Crippen MR) is 134 cm³/mol. The fraction of sp³-hybridized carbons (Fsp3) is 0.0476. The Bertz CT molecular complexity index is 1140. The smallest absolute Gasteiger partial charge is 0.255 e. The molecule has 0 radical (unpaired) electrons. The first kappa shape index (κ1) is 23.4. The van der Waals surface area contributed by atoms with E-state index in [0.29, 0.717) is 48.5 Å². The summed E-state index contributed by atoms with van der Waals surface area (Å²) in [4.78, 5) is 12.5. The lowest BCUT2D eigenvalue weighted by Gasteiger charge is -2.15. The number of nitrogens with one attached hydrogen (secondary N) is 3. The molecule has 0 spiro atoms. The first-order chi connectivity index (χ1) is 14.7. The summed E-state index contributed by atoms with van der Waals surface area (Å²) in [5.41, 5.74) is 2.06. The minimum Gasteiger partial charge on any atom is -0.495 e. The standard InChI is InChI=1S/C21H15Cl4N3O2S/c1-30-19-5-3-14(26-20(29)11-2-4-16(24)17(25)6-11)10-18(19)28-21(31)27-15-8-12(22)7-13(23)9-15/h2-10H,1H3,(H,26,29)(H2,27,28,31). The highest BCUT2D eigenvalue weighted by molar-refractivity contribution is 7.80. The number of carbonyl (C=O) groups is 1. The van der Waals surface area contributed by atoms with Gasteiger partial charge in [-0.2, -0.15) is 0 Å². The third-order valence-corrected chi connectivity index (χ3v) is 5.39. The van der Waals surface area contributed by atoms with Crippen LogP contribution in [0.25, 0.3) is 0 Å². The molecule has 0 aliphatic rings. The minimum atomic E-state index is -0.344. The molecular weight excluding hydrogens is 500 g/mol. The zero-order valence-corrected chi connectivity index (χ0v) is 19.8. The van der Waals surface area contributed by atoms with Crippen LogP contribution in [0.5, 0.6) is 5.75 Å². The van der Waals surface area contributed by atoms with E-state index >= 15 is 0 Å². The van der Waals surface area contributed by atoms with E-state index in [1.807, 2.05) is 0 Å². The summed E-state index contributed by atoms with van der Waals surface area (Å²) in [6.45, 7) is 0. The van der Waals surface area contributed by atoms with Gasteiger partial charge in [0.15, 0.2) is 5.11 Å². The van der Waals surface area contributed by atoms with Crippen molar-refractivity contribution in [2.75, 3.05) is 23.1 Å². The fourth-order valence-electron chi connectivity index (χ4n) is 2.63. The lowest BCUT2D eigenvalue weighted by Crippen LogP contribution is -2.20. The van der Waals surface area contributed by atoms with Crippen molar-refractivity contribution in [2.24, 2.45) is 0 Å². The van der Waals surface area contributed by atoms with Gasteiger partial charge in [0.2, 0.25) is 0 Å². The van der Waals surface area contributed by atoms with Crippen LogP contribution in [-0.4, -0.2) is 18.1 Å². The molecule has 0 aliphatic heterocycles. The molecule has 0 aromatic heterocycles. The van der Waals surface area contributed by atoms with E-state index in [0.717, 1.165) is 0 Å². The molecule has 0 saturated heterocycles. The number of methoxy groups -OCH3 is 1. The maximum atomic E-state index is 12.5. The molecule has 3 aromatic rings. The highest BCUT2D eigenvalue weighted by atomic mass is 35.5. The Morgan fingerprint density at radius 3 is 2.16 bits per heavy atom. The molecule has 0 heterocycles. The van der Waals surface area contributed by atoms with Crippen molar-refractivity contribution in [3.8, 4) is 5.75 Å². The van der Waals surface area contributed by atoms with Crippen LogP contribution < -0.4 is 20.7 Å². The van der Waals surface area contributed by atoms with Crippen LogP contribution in [-0.2, 0) is 0 Å². The molecule has 160 valence electrons. The van der Waals surface area contributed by atoms with Crippen molar-refractivity contribution in [1.82, 2.24) is 0 Å². The van der Waals surface area contributed by atoms with Crippen LogP contribution in [0.3, 0.4) is 0 Å². The highest BCUT2D eigenvalue weighted by Crippen LogP contribution is 2.29. The van der Waals surface area contributed by atoms with Crippen molar-refractivity contribution in [1.29, 1.82) is 0 Å². The van der Waals surface area contributed by atoms with Gasteiger partial charge in [0.25, 0.3) is 5.91 Å². The van der Waals surface area contributed by atoms with E-state index in [9.17, 15) is 4.79 Å². The van der Waals surface area contributed by atoms with Gasteiger partial charge in [0.05, 0.1) is 22.8 Å². The number of benzene rings is 3. The van der Waals surface area contributed by atoms with E-state index in [1.54, 1.807) is 48.5 Å². The van der Waals surface area contributed by atoms with E-state index in [2.05, 4.69) is 16.0 Å². The number of thiocarbonyl (C=S) groups is 1. The zero-order chi connectivity index (χ0) is 22.5. The fourth-order valence-corrected chi connectivity index (χ4v) is 3.69. The average molecular weight is 515 g/mol. The van der Waals surface area contributed by atoms with Gasteiger partial charge in [-0.1, -0.05) is 46.4 Å². The summed E-state index contributed by atoms with van der Waals surface area (Å²) in [5, 5.41) is 10.7. The number of hydrogen-bond acceptors (Lipinski definition) is 3. The largest absolute Gasteiger partial charge is 0.495 e. The predicted octanol–water partition coefficient (Wildman–Crippen LogP) is 7.37. The van der Waals surface area contributed by atoms with Gasteiger partial charge in [0.1, 0.15) is 5.75 Å². The summed E-state index contributed by atoms with van der Waals surface area (Å²) in [7, 11) is 1.53. The van der Waals surface area contributed by atoms with Gasteiger partial charge >= 0.3 is 0 Å². The van der Waals surface area contributed by atoms with Crippen molar-refractivity contribution in [2.45, 2.75) is 0 Å². The first-order valence-corrected chi connectivity index (χ1v) is 10.7. The van der Waals surface area contributed by atoms with Crippen LogP contribution in [0.15, 0.2) is 54.6 Å². The van der Waals surface area contributed by atoms with Crippen LogP contribution in [0, 0.1) is 0 Å². The molecule has 0 unspecified atom stereocenters. The van der Waals surface area contributed by atoms with E-state index in [1.165, 1.54) is 13.2 Å². The Labute approximate surface area is 204 Å². The molecule has 3 rings (SSSR count). The second kappa shape index (κ2) is 10.4. The number of amides is 1.